The molecule has 1 amide bonds. The van der Waals surface area contributed by atoms with Gasteiger partial charge in [0.2, 0.25) is 0 Å². The summed E-state index contributed by atoms with van der Waals surface area (Å²) in [6, 6.07) is 3.83. The largest absolute Gasteiger partial charge is 0.483 e. The van der Waals surface area contributed by atoms with Crippen molar-refractivity contribution in [3.63, 3.8) is 0 Å². The number of hydrogen-bond acceptors (Lipinski definition) is 4. The number of rotatable bonds is 8. The Hall–Kier alpha value is -1.66. The first-order chi connectivity index (χ1) is 9.54. The zero-order valence-corrected chi connectivity index (χ0v) is 11.7. The second kappa shape index (κ2) is 8.50. The summed E-state index contributed by atoms with van der Waals surface area (Å²) in [7, 11) is 1.59. The van der Waals surface area contributed by atoms with Gasteiger partial charge in [0.05, 0.1) is 6.10 Å². The van der Waals surface area contributed by atoms with Crippen LogP contribution in [0.1, 0.15) is 25.0 Å². The van der Waals surface area contributed by atoms with Crippen LogP contribution >= 0.6 is 0 Å². The fourth-order valence-electron chi connectivity index (χ4n) is 1.62. The zero-order chi connectivity index (χ0) is 15.0. The third-order valence-corrected chi connectivity index (χ3v) is 2.63. The Morgan fingerprint density at radius 1 is 1.50 bits per heavy atom. The number of hydrogen-bond donors (Lipinski definition) is 2. The van der Waals surface area contributed by atoms with Gasteiger partial charge in [-0.2, -0.15) is 0 Å². The quantitative estimate of drug-likeness (QED) is 0.709. The standard InChI is InChI=1S/C14H20FNO4/c1-10(17)12-5-4-11(15)8-13(12)20-9-14(18)16-6-3-7-19-2/h4-5,8,10,17H,3,6-7,9H2,1-2H3,(H,16,18). The topological polar surface area (TPSA) is 67.8 Å². The van der Waals surface area contributed by atoms with Gasteiger partial charge in [0.25, 0.3) is 5.91 Å². The van der Waals surface area contributed by atoms with E-state index in [9.17, 15) is 14.3 Å². The normalized spacial score (nSPS) is 12.0. The Labute approximate surface area is 117 Å². The number of carbonyl (C=O) groups is 1. The molecule has 6 heteroatoms. The van der Waals surface area contributed by atoms with Crippen LogP contribution in [0, 0.1) is 5.82 Å². The monoisotopic (exact) mass is 285 g/mol. The number of carbonyl (C=O) groups excluding carboxylic acids is 1. The molecule has 1 aromatic carbocycles. The van der Waals surface area contributed by atoms with Crippen molar-refractivity contribution in [2.45, 2.75) is 19.4 Å². The minimum absolute atomic E-state index is 0.173. The maximum Gasteiger partial charge on any atom is 0.257 e. The first-order valence-electron chi connectivity index (χ1n) is 6.40. The van der Waals surface area contributed by atoms with Crippen molar-refractivity contribution in [3.8, 4) is 5.75 Å². The predicted octanol–water partition coefficient (Wildman–Crippen LogP) is 1.41. The van der Waals surface area contributed by atoms with Crippen molar-refractivity contribution in [1.29, 1.82) is 0 Å². The Kier molecular flexibility index (Phi) is 6.97. The smallest absolute Gasteiger partial charge is 0.257 e. The van der Waals surface area contributed by atoms with Crippen LogP contribution in [0.5, 0.6) is 5.75 Å². The summed E-state index contributed by atoms with van der Waals surface area (Å²) in [4.78, 5) is 11.5. The van der Waals surface area contributed by atoms with Crippen LogP contribution in [0.3, 0.4) is 0 Å². The van der Waals surface area contributed by atoms with Crippen LogP contribution < -0.4 is 10.1 Å². The average molecular weight is 285 g/mol. The van der Waals surface area contributed by atoms with Crippen LogP contribution in [0.2, 0.25) is 0 Å². The third kappa shape index (κ3) is 5.54. The second-order valence-electron chi connectivity index (χ2n) is 4.34. The molecular formula is C14H20FNO4. The van der Waals surface area contributed by atoms with Crippen molar-refractivity contribution < 1.29 is 23.8 Å². The average Bonchev–Trinajstić information content (AvgIpc) is 2.41. The summed E-state index contributed by atoms with van der Waals surface area (Å²) in [5.74, 6) is -0.612. The molecule has 0 radical (unpaired) electrons. The van der Waals surface area contributed by atoms with Crippen LogP contribution in [-0.2, 0) is 9.53 Å². The number of aliphatic hydroxyl groups is 1. The number of methoxy groups -OCH3 is 1. The number of nitrogens with one attached hydrogen (secondary N) is 1. The summed E-state index contributed by atoms with van der Waals surface area (Å²) in [5, 5.41) is 12.2. The highest BCUT2D eigenvalue weighted by atomic mass is 19.1. The van der Waals surface area contributed by atoms with Gasteiger partial charge < -0.3 is 19.9 Å². The maximum absolute atomic E-state index is 13.1. The lowest BCUT2D eigenvalue weighted by atomic mass is 10.1. The van der Waals surface area contributed by atoms with Gasteiger partial charge in [-0.25, -0.2) is 4.39 Å². The molecular weight excluding hydrogens is 265 g/mol. The molecule has 0 aromatic heterocycles. The van der Waals surface area contributed by atoms with Crippen molar-refractivity contribution in [3.05, 3.63) is 29.6 Å². The molecule has 0 bridgehead atoms. The van der Waals surface area contributed by atoms with Crippen molar-refractivity contribution in [2.75, 3.05) is 26.9 Å². The molecule has 1 aromatic rings. The summed E-state index contributed by atoms with van der Waals surface area (Å²) in [5.41, 5.74) is 0.443. The highest BCUT2D eigenvalue weighted by Gasteiger charge is 2.11. The highest BCUT2D eigenvalue weighted by Crippen LogP contribution is 2.25. The third-order valence-electron chi connectivity index (χ3n) is 2.63. The van der Waals surface area contributed by atoms with E-state index in [2.05, 4.69) is 5.32 Å². The van der Waals surface area contributed by atoms with Gasteiger partial charge in [-0.1, -0.05) is 0 Å². The van der Waals surface area contributed by atoms with Gasteiger partial charge >= 0.3 is 0 Å². The van der Waals surface area contributed by atoms with E-state index in [1.165, 1.54) is 12.1 Å². The van der Waals surface area contributed by atoms with E-state index in [-0.39, 0.29) is 18.3 Å². The second-order valence-corrected chi connectivity index (χ2v) is 4.34. The number of halogens is 1. The molecule has 0 saturated heterocycles. The molecule has 0 saturated carbocycles. The van der Waals surface area contributed by atoms with Crippen molar-refractivity contribution in [2.24, 2.45) is 0 Å². The summed E-state index contributed by atoms with van der Waals surface area (Å²) in [6.45, 7) is 2.38. The maximum atomic E-state index is 13.1. The van der Waals surface area contributed by atoms with Gasteiger partial charge in [-0.15, -0.1) is 0 Å². The fraction of sp³-hybridized carbons (Fsp3) is 0.500. The summed E-state index contributed by atoms with van der Waals surface area (Å²) < 4.78 is 23.3. The SMILES string of the molecule is COCCCNC(=O)COc1cc(F)ccc1C(C)O. The van der Waals surface area contributed by atoms with E-state index in [0.717, 1.165) is 6.07 Å². The fourth-order valence-corrected chi connectivity index (χ4v) is 1.62. The van der Waals surface area contributed by atoms with E-state index in [4.69, 9.17) is 9.47 Å². The Morgan fingerprint density at radius 3 is 2.90 bits per heavy atom. The lowest BCUT2D eigenvalue weighted by Gasteiger charge is -2.13. The number of aliphatic hydroxyl groups excluding tert-OH is 1. The minimum atomic E-state index is -0.796. The lowest BCUT2D eigenvalue weighted by molar-refractivity contribution is -0.123. The molecule has 2 N–H and O–H groups in total. The van der Waals surface area contributed by atoms with E-state index >= 15 is 0 Å². The predicted molar refractivity (Wildman–Crippen MR) is 72.0 cm³/mol. The van der Waals surface area contributed by atoms with Crippen LogP contribution in [0.25, 0.3) is 0 Å². The molecule has 20 heavy (non-hydrogen) atoms. The molecule has 0 fully saturated rings. The number of benzene rings is 1. The number of amides is 1. The van der Waals surface area contributed by atoms with E-state index in [1.54, 1.807) is 14.0 Å². The summed E-state index contributed by atoms with van der Waals surface area (Å²) >= 11 is 0. The zero-order valence-electron chi connectivity index (χ0n) is 11.7. The van der Waals surface area contributed by atoms with Gasteiger partial charge in [0.1, 0.15) is 11.6 Å². The molecule has 0 aliphatic rings. The Morgan fingerprint density at radius 2 is 2.25 bits per heavy atom. The number of ether oxygens (including phenoxy) is 2. The van der Waals surface area contributed by atoms with Crippen molar-refractivity contribution >= 4 is 5.91 Å². The first-order valence-corrected chi connectivity index (χ1v) is 6.40. The van der Waals surface area contributed by atoms with Gasteiger partial charge in [-0.05, 0) is 25.5 Å². The molecule has 0 aliphatic heterocycles. The van der Waals surface area contributed by atoms with Crippen LogP contribution in [-0.4, -0.2) is 37.9 Å². The van der Waals surface area contributed by atoms with Gasteiger partial charge in [0.15, 0.2) is 6.61 Å². The molecule has 1 unspecified atom stereocenters. The molecule has 0 spiro atoms. The molecule has 0 aliphatic carbocycles. The summed E-state index contributed by atoms with van der Waals surface area (Å²) in [6.07, 6.45) is -0.0865. The lowest BCUT2D eigenvalue weighted by Crippen LogP contribution is -2.30. The van der Waals surface area contributed by atoms with Crippen molar-refractivity contribution in [1.82, 2.24) is 5.32 Å². The molecule has 5 nitrogen and oxygen atoms in total. The highest BCUT2D eigenvalue weighted by molar-refractivity contribution is 5.77. The minimum Gasteiger partial charge on any atom is -0.483 e. The first kappa shape index (κ1) is 16.4. The Balaban J connectivity index is 2.48. The molecule has 1 atom stereocenters. The van der Waals surface area contributed by atoms with Gasteiger partial charge in [-0.3, -0.25) is 4.79 Å². The van der Waals surface area contributed by atoms with Gasteiger partial charge in [0, 0.05) is 31.9 Å². The van der Waals surface area contributed by atoms with E-state index in [0.29, 0.717) is 25.1 Å². The molecule has 112 valence electrons. The van der Waals surface area contributed by atoms with Crippen LogP contribution in [0.4, 0.5) is 4.39 Å². The Bertz CT molecular complexity index is 437. The van der Waals surface area contributed by atoms with Crippen LogP contribution in [0.15, 0.2) is 18.2 Å². The molecule has 0 heterocycles. The molecule has 1 rings (SSSR count). The van der Waals surface area contributed by atoms with E-state index in [1.807, 2.05) is 0 Å². The van der Waals surface area contributed by atoms with E-state index < -0.39 is 11.9 Å².